The Hall–Kier alpha value is -3.52. The number of para-hydroxylation sites is 1. The van der Waals surface area contributed by atoms with Gasteiger partial charge in [0.1, 0.15) is 17.5 Å². The van der Waals surface area contributed by atoms with Gasteiger partial charge < -0.3 is 9.73 Å². The number of carbonyl (C=O) groups excluding carboxylic acids is 1. The normalized spacial score (nSPS) is 11.5. The van der Waals surface area contributed by atoms with Crippen molar-refractivity contribution >= 4 is 54.5 Å². The molecular formula is C20H14N4O3S. The smallest absolute Gasteiger partial charge is 0.347 e. The lowest BCUT2D eigenvalue weighted by molar-refractivity contribution is -0.116. The Morgan fingerprint density at radius 2 is 2.07 bits per heavy atom. The van der Waals surface area contributed by atoms with E-state index in [1.165, 1.54) is 22.2 Å². The Morgan fingerprint density at radius 1 is 1.21 bits per heavy atom. The highest BCUT2D eigenvalue weighted by atomic mass is 32.1. The number of hydrogen-bond donors (Lipinski definition) is 1. The van der Waals surface area contributed by atoms with Crippen LogP contribution in [-0.4, -0.2) is 20.7 Å². The van der Waals surface area contributed by atoms with Crippen molar-refractivity contribution in [3.8, 4) is 0 Å². The first-order valence-electron chi connectivity index (χ1n) is 8.63. The van der Waals surface area contributed by atoms with Crippen LogP contribution in [0.3, 0.4) is 0 Å². The SMILES string of the molecule is Cc1ccc2oc(=O)c3cnn(CC(=O)Nc4nc5ccccc5s4)c3c2c1. The van der Waals surface area contributed by atoms with Crippen molar-refractivity contribution in [1.29, 1.82) is 0 Å². The maximum Gasteiger partial charge on any atom is 0.347 e. The van der Waals surface area contributed by atoms with Crippen LogP contribution in [0.4, 0.5) is 5.13 Å². The number of benzene rings is 2. The molecule has 0 unspecified atom stereocenters. The third kappa shape index (κ3) is 2.74. The summed E-state index contributed by atoms with van der Waals surface area (Å²) in [7, 11) is 0. The van der Waals surface area contributed by atoms with Gasteiger partial charge in [-0.05, 0) is 31.2 Å². The highest BCUT2D eigenvalue weighted by Crippen LogP contribution is 2.26. The number of anilines is 1. The summed E-state index contributed by atoms with van der Waals surface area (Å²) in [5, 5.41) is 8.69. The van der Waals surface area contributed by atoms with E-state index in [-0.39, 0.29) is 12.5 Å². The molecule has 0 spiro atoms. The Kier molecular flexibility index (Phi) is 3.73. The van der Waals surface area contributed by atoms with Crippen molar-refractivity contribution in [1.82, 2.24) is 14.8 Å². The monoisotopic (exact) mass is 390 g/mol. The van der Waals surface area contributed by atoms with Gasteiger partial charge in [-0.15, -0.1) is 0 Å². The first-order valence-corrected chi connectivity index (χ1v) is 9.44. The Bertz CT molecular complexity index is 1400. The van der Waals surface area contributed by atoms with E-state index >= 15 is 0 Å². The van der Waals surface area contributed by atoms with Gasteiger partial charge in [-0.1, -0.05) is 35.1 Å². The number of aryl methyl sites for hydroxylation is 1. The second kappa shape index (κ2) is 6.28. The predicted molar refractivity (Wildman–Crippen MR) is 109 cm³/mol. The molecule has 3 heterocycles. The van der Waals surface area contributed by atoms with Crippen LogP contribution in [0.1, 0.15) is 5.56 Å². The first kappa shape index (κ1) is 16.6. The van der Waals surface area contributed by atoms with E-state index < -0.39 is 5.63 Å². The average Bonchev–Trinajstić information content (AvgIpc) is 3.26. The summed E-state index contributed by atoms with van der Waals surface area (Å²) in [5.74, 6) is -0.266. The summed E-state index contributed by atoms with van der Waals surface area (Å²) >= 11 is 1.41. The molecule has 0 aliphatic carbocycles. The second-order valence-corrected chi connectivity index (χ2v) is 7.52. The van der Waals surface area contributed by atoms with Gasteiger partial charge in [0.25, 0.3) is 0 Å². The van der Waals surface area contributed by atoms with Crippen LogP contribution in [0.15, 0.2) is 57.9 Å². The number of amides is 1. The molecule has 1 amide bonds. The molecule has 0 saturated heterocycles. The van der Waals surface area contributed by atoms with E-state index in [1.54, 1.807) is 6.07 Å². The van der Waals surface area contributed by atoms with Crippen LogP contribution in [0, 0.1) is 6.92 Å². The lowest BCUT2D eigenvalue weighted by Gasteiger charge is -2.06. The minimum absolute atomic E-state index is 0.0358. The van der Waals surface area contributed by atoms with Crippen molar-refractivity contribution in [3.05, 3.63) is 64.6 Å². The van der Waals surface area contributed by atoms with Crippen LogP contribution in [0.2, 0.25) is 0 Å². The van der Waals surface area contributed by atoms with Crippen LogP contribution in [-0.2, 0) is 11.3 Å². The van der Waals surface area contributed by atoms with Crippen LogP contribution in [0.5, 0.6) is 0 Å². The number of nitrogens with one attached hydrogen (secondary N) is 1. The van der Waals surface area contributed by atoms with E-state index in [1.807, 2.05) is 43.3 Å². The summed E-state index contributed by atoms with van der Waals surface area (Å²) in [6, 6.07) is 13.2. The lowest BCUT2D eigenvalue weighted by atomic mass is 10.1. The molecule has 0 aliphatic heterocycles. The van der Waals surface area contributed by atoms with E-state index in [0.29, 0.717) is 21.6 Å². The van der Waals surface area contributed by atoms with Crippen LogP contribution >= 0.6 is 11.3 Å². The maximum absolute atomic E-state index is 12.6. The molecule has 3 aromatic heterocycles. The highest BCUT2D eigenvalue weighted by Gasteiger charge is 2.16. The molecule has 5 rings (SSSR count). The molecule has 0 radical (unpaired) electrons. The van der Waals surface area contributed by atoms with Gasteiger partial charge in [-0.25, -0.2) is 9.78 Å². The fourth-order valence-electron chi connectivity index (χ4n) is 3.23. The molecule has 0 fully saturated rings. The zero-order valence-corrected chi connectivity index (χ0v) is 15.6. The van der Waals surface area contributed by atoms with E-state index in [4.69, 9.17) is 4.42 Å². The van der Waals surface area contributed by atoms with Crippen LogP contribution < -0.4 is 10.9 Å². The minimum atomic E-state index is -0.468. The lowest BCUT2D eigenvalue weighted by Crippen LogP contribution is -2.19. The molecule has 0 bridgehead atoms. The quantitative estimate of drug-likeness (QED) is 0.475. The molecule has 138 valence electrons. The van der Waals surface area contributed by atoms with Gasteiger partial charge in [0.15, 0.2) is 5.13 Å². The highest BCUT2D eigenvalue weighted by molar-refractivity contribution is 7.22. The Morgan fingerprint density at radius 3 is 2.93 bits per heavy atom. The molecule has 0 saturated carbocycles. The molecule has 8 heteroatoms. The molecule has 28 heavy (non-hydrogen) atoms. The number of aromatic nitrogens is 3. The van der Waals surface area contributed by atoms with Gasteiger partial charge in [-0.3, -0.25) is 9.48 Å². The van der Waals surface area contributed by atoms with Crippen molar-refractivity contribution in [2.75, 3.05) is 5.32 Å². The van der Waals surface area contributed by atoms with E-state index in [9.17, 15) is 9.59 Å². The molecule has 5 aromatic rings. The largest absolute Gasteiger partial charge is 0.422 e. The summed E-state index contributed by atoms with van der Waals surface area (Å²) in [4.78, 5) is 29.2. The average molecular weight is 390 g/mol. The number of hydrogen-bond acceptors (Lipinski definition) is 6. The second-order valence-electron chi connectivity index (χ2n) is 6.49. The fourth-order valence-corrected chi connectivity index (χ4v) is 4.11. The number of fused-ring (bicyclic) bond motifs is 4. The molecule has 1 N–H and O–H groups in total. The summed E-state index contributed by atoms with van der Waals surface area (Å²) in [6.45, 7) is 1.92. The Balaban J connectivity index is 1.52. The zero-order valence-electron chi connectivity index (χ0n) is 14.8. The molecule has 0 atom stereocenters. The fraction of sp³-hybridized carbons (Fsp3) is 0.100. The first-order chi connectivity index (χ1) is 13.6. The van der Waals surface area contributed by atoms with Gasteiger partial charge in [0.2, 0.25) is 5.91 Å². The summed E-state index contributed by atoms with van der Waals surface area (Å²) in [5.41, 5.74) is 2.45. The molecule has 7 nitrogen and oxygen atoms in total. The van der Waals surface area contributed by atoms with Crippen molar-refractivity contribution in [3.63, 3.8) is 0 Å². The topological polar surface area (TPSA) is 90.0 Å². The van der Waals surface area contributed by atoms with E-state index in [0.717, 1.165) is 21.2 Å². The van der Waals surface area contributed by atoms with E-state index in [2.05, 4.69) is 15.4 Å². The number of rotatable bonds is 3. The molecule has 0 aliphatic rings. The van der Waals surface area contributed by atoms with Gasteiger partial charge in [0.05, 0.1) is 21.9 Å². The molecule has 2 aromatic carbocycles. The van der Waals surface area contributed by atoms with Gasteiger partial charge in [-0.2, -0.15) is 5.10 Å². The Labute approximate surface area is 162 Å². The maximum atomic E-state index is 12.6. The van der Waals surface area contributed by atoms with Crippen LogP contribution in [0.25, 0.3) is 32.1 Å². The van der Waals surface area contributed by atoms with Gasteiger partial charge in [0, 0.05) is 5.39 Å². The number of nitrogens with zero attached hydrogens (tertiary/aromatic N) is 3. The predicted octanol–water partition coefficient (Wildman–Crippen LogP) is 3.70. The number of carbonyl (C=O) groups is 1. The third-order valence-corrected chi connectivity index (χ3v) is 5.44. The summed E-state index contributed by atoms with van der Waals surface area (Å²) < 4.78 is 7.89. The zero-order chi connectivity index (χ0) is 19.3. The van der Waals surface area contributed by atoms with Gasteiger partial charge >= 0.3 is 5.63 Å². The number of thiazole rings is 1. The van der Waals surface area contributed by atoms with Crippen molar-refractivity contribution < 1.29 is 9.21 Å². The standard InChI is InChI=1S/C20H14N4O3S/c1-11-6-7-15-12(8-11)18-13(19(26)27-15)9-21-24(18)10-17(25)23-20-22-14-4-2-3-5-16(14)28-20/h2-9H,10H2,1H3,(H,22,23,25). The third-order valence-electron chi connectivity index (χ3n) is 4.49. The molecular weight excluding hydrogens is 376 g/mol. The minimum Gasteiger partial charge on any atom is -0.422 e. The summed E-state index contributed by atoms with van der Waals surface area (Å²) in [6.07, 6.45) is 1.44. The van der Waals surface area contributed by atoms with Crippen molar-refractivity contribution in [2.45, 2.75) is 13.5 Å². The van der Waals surface area contributed by atoms with Crippen molar-refractivity contribution in [2.24, 2.45) is 0 Å².